The standard InChI is InChI=1S/C28H18Cl3NO3S/c29-20-9-5-17(6-10-20)16-35-25-12-8-18-3-1-2-4-22(18)23(25)14-26-27(33)32(28(34)36-26)15-19-7-11-21(30)13-24(19)31/h1-14H,15-16H2/b26-14-. The Hall–Kier alpha value is -2.96. The van der Waals surface area contributed by atoms with Crippen molar-refractivity contribution in [3.8, 4) is 5.75 Å². The fourth-order valence-corrected chi connectivity index (χ4v) is 5.29. The average molecular weight is 555 g/mol. The van der Waals surface area contributed by atoms with Crippen LogP contribution in [0.2, 0.25) is 15.1 Å². The molecule has 4 nitrogen and oxygen atoms in total. The van der Waals surface area contributed by atoms with Gasteiger partial charge in [-0.25, -0.2) is 0 Å². The first-order chi connectivity index (χ1) is 17.4. The second kappa shape index (κ2) is 10.6. The first-order valence-corrected chi connectivity index (χ1v) is 12.9. The van der Waals surface area contributed by atoms with E-state index in [1.54, 1.807) is 24.3 Å². The smallest absolute Gasteiger partial charge is 0.293 e. The van der Waals surface area contributed by atoms with E-state index in [4.69, 9.17) is 39.5 Å². The Balaban J connectivity index is 1.47. The van der Waals surface area contributed by atoms with Crippen molar-refractivity contribution < 1.29 is 14.3 Å². The van der Waals surface area contributed by atoms with E-state index >= 15 is 0 Å². The lowest BCUT2D eigenvalue weighted by Crippen LogP contribution is -2.27. The minimum Gasteiger partial charge on any atom is -0.488 e. The zero-order valence-corrected chi connectivity index (χ0v) is 21.8. The average Bonchev–Trinajstić information content (AvgIpc) is 3.13. The molecule has 1 fully saturated rings. The number of hydrogen-bond acceptors (Lipinski definition) is 4. The first-order valence-electron chi connectivity index (χ1n) is 11.0. The van der Waals surface area contributed by atoms with Gasteiger partial charge in [0.25, 0.3) is 11.1 Å². The molecule has 0 bridgehead atoms. The molecule has 2 amide bonds. The summed E-state index contributed by atoms with van der Waals surface area (Å²) in [7, 11) is 0. The number of carbonyl (C=O) groups excluding carboxylic acids is 2. The molecule has 0 aromatic heterocycles. The molecule has 1 aliphatic heterocycles. The highest BCUT2D eigenvalue weighted by atomic mass is 35.5. The fourth-order valence-electron chi connectivity index (χ4n) is 3.88. The minimum absolute atomic E-state index is 0.0630. The molecule has 4 aromatic rings. The number of nitrogens with zero attached hydrogens (tertiary/aromatic N) is 1. The summed E-state index contributed by atoms with van der Waals surface area (Å²) in [4.78, 5) is 27.5. The van der Waals surface area contributed by atoms with Crippen molar-refractivity contribution in [3.05, 3.63) is 116 Å². The van der Waals surface area contributed by atoms with Crippen molar-refractivity contribution in [3.63, 3.8) is 0 Å². The van der Waals surface area contributed by atoms with Crippen LogP contribution in [0.15, 0.2) is 83.8 Å². The fraction of sp³-hybridized carbons (Fsp3) is 0.0714. The van der Waals surface area contributed by atoms with E-state index in [1.807, 2.05) is 60.7 Å². The van der Waals surface area contributed by atoms with Crippen LogP contribution < -0.4 is 4.74 Å². The molecule has 4 aromatic carbocycles. The maximum atomic E-state index is 13.3. The normalized spacial score (nSPS) is 14.8. The lowest BCUT2D eigenvalue weighted by atomic mass is 10.0. The molecule has 5 rings (SSSR count). The van der Waals surface area contributed by atoms with Crippen LogP contribution in [0.1, 0.15) is 16.7 Å². The summed E-state index contributed by atoms with van der Waals surface area (Å²) in [5.41, 5.74) is 2.33. The molecule has 0 saturated carbocycles. The molecule has 36 heavy (non-hydrogen) atoms. The molecule has 1 heterocycles. The van der Waals surface area contributed by atoms with E-state index in [0.29, 0.717) is 37.9 Å². The zero-order valence-electron chi connectivity index (χ0n) is 18.7. The van der Waals surface area contributed by atoms with E-state index < -0.39 is 0 Å². The number of imide groups is 1. The van der Waals surface area contributed by atoms with Crippen LogP contribution in [0.5, 0.6) is 5.75 Å². The number of rotatable bonds is 6. The summed E-state index contributed by atoms with van der Waals surface area (Å²) in [5.74, 6) is 0.226. The van der Waals surface area contributed by atoms with Crippen molar-refractivity contribution in [1.29, 1.82) is 0 Å². The van der Waals surface area contributed by atoms with E-state index in [0.717, 1.165) is 33.7 Å². The predicted octanol–water partition coefficient (Wildman–Crippen LogP) is 8.62. The van der Waals surface area contributed by atoms with Gasteiger partial charge in [0, 0.05) is 20.6 Å². The van der Waals surface area contributed by atoms with Crippen LogP contribution in [0, 0.1) is 0 Å². The van der Waals surface area contributed by atoms with Gasteiger partial charge in [-0.3, -0.25) is 14.5 Å². The summed E-state index contributed by atoms with van der Waals surface area (Å²) in [6, 6.07) is 24.1. The molecule has 1 saturated heterocycles. The van der Waals surface area contributed by atoms with Crippen molar-refractivity contribution >= 4 is 74.6 Å². The monoisotopic (exact) mass is 553 g/mol. The number of halogens is 3. The van der Waals surface area contributed by atoms with Crippen LogP contribution >= 0.6 is 46.6 Å². The molecule has 0 spiro atoms. The molecule has 0 radical (unpaired) electrons. The second-order valence-electron chi connectivity index (χ2n) is 8.12. The van der Waals surface area contributed by atoms with Gasteiger partial charge in [0.05, 0.1) is 11.4 Å². The number of fused-ring (bicyclic) bond motifs is 1. The number of benzene rings is 4. The molecule has 0 N–H and O–H groups in total. The lowest BCUT2D eigenvalue weighted by molar-refractivity contribution is -0.123. The number of hydrogen-bond donors (Lipinski definition) is 0. The van der Waals surface area contributed by atoms with Crippen LogP contribution in [-0.4, -0.2) is 16.0 Å². The van der Waals surface area contributed by atoms with Gasteiger partial charge >= 0.3 is 0 Å². The number of thioether (sulfide) groups is 1. The summed E-state index contributed by atoms with van der Waals surface area (Å²) >= 11 is 19.1. The third-order valence-electron chi connectivity index (χ3n) is 5.73. The largest absolute Gasteiger partial charge is 0.488 e. The summed E-state index contributed by atoms with van der Waals surface area (Å²) in [6.07, 6.45) is 1.73. The topological polar surface area (TPSA) is 46.6 Å². The zero-order chi connectivity index (χ0) is 25.2. The van der Waals surface area contributed by atoms with Crippen LogP contribution in [0.4, 0.5) is 4.79 Å². The number of carbonyl (C=O) groups is 2. The SMILES string of the molecule is O=C1S/C(=C\c2c(OCc3ccc(Cl)cc3)ccc3ccccc23)C(=O)N1Cc1ccc(Cl)cc1Cl. The quantitative estimate of drug-likeness (QED) is 0.224. The third-order valence-corrected chi connectivity index (χ3v) is 7.48. The van der Waals surface area contributed by atoms with Gasteiger partial charge in [-0.05, 0) is 70.1 Å². The first kappa shape index (κ1) is 24.7. The van der Waals surface area contributed by atoms with Crippen molar-refractivity contribution in [2.75, 3.05) is 0 Å². The van der Waals surface area contributed by atoms with E-state index in [-0.39, 0.29) is 17.7 Å². The van der Waals surface area contributed by atoms with Crippen molar-refractivity contribution in [2.24, 2.45) is 0 Å². The Labute approximate surface area is 227 Å². The van der Waals surface area contributed by atoms with Crippen molar-refractivity contribution in [1.82, 2.24) is 4.90 Å². The Morgan fingerprint density at radius 1 is 0.861 bits per heavy atom. The molecule has 0 atom stereocenters. The molecule has 8 heteroatoms. The third kappa shape index (κ3) is 5.25. The van der Waals surface area contributed by atoms with E-state index in [2.05, 4.69) is 0 Å². The van der Waals surface area contributed by atoms with Gasteiger partial charge in [-0.1, -0.05) is 83.3 Å². The molecular formula is C28H18Cl3NO3S. The highest BCUT2D eigenvalue weighted by Crippen LogP contribution is 2.38. The van der Waals surface area contributed by atoms with Gasteiger partial charge in [0.1, 0.15) is 12.4 Å². The van der Waals surface area contributed by atoms with Gasteiger partial charge < -0.3 is 4.74 Å². The predicted molar refractivity (Wildman–Crippen MR) is 148 cm³/mol. The molecular weight excluding hydrogens is 537 g/mol. The maximum Gasteiger partial charge on any atom is 0.293 e. The minimum atomic E-state index is -0.382. The van der Waals surface area contributed by atoms with Gasteiger partial charge in [-0.2, -0.15) is 0 Å². The Bertz CT molecular complexity index is 1520. The lowest BCUT2D eigenvalue weighted by Gasteiger charge is -2.14. The molecule has 1 aliphatic rings. The van der Waals surface area contributed by atoms with Crippen LogP contribution in [0.25, 0.3) is 16.8 Å². The summed E-state index contributed by atoms with van der Waals surface area (Å²) in [5, 5.41) is 3.09. The number of ether oxygens (including phenoxy) is 1. The Morgan fingerprint density at radius 2 is 1.61 bits per heavy atom. The molecule has 0 aliphatic carbocycles. The molecule has 180 valence electrons. The highest BCUT2D eigenvalue weighted by Gasteiger charge is 2.35. The number of amides is 2. The van der Waals surface area contributed by atoms with Gasteiger partial charge in [0.15, 0.2) is 0 Å². The summed E-state index contributed by atoms with van der Waals surface area (Å²) in [6.45, 7) is 0.389. The molecule has 0 unspecified atom stereocenters. The summed E-state index contributed by atoms with van der Waals surface area (Å²) < 4.78 is 6.16. The Morgan fingerprint density at radius 3 is 2.39 bits per heavy atom. The van der Waals surface area contributed by atoms with E-state index in [1.165, 1.54) is 4.90 Å². The highest BCUT2D eigenvalue weighted by molar-refractivity contribution is 8.18. The van der Waals surface area contributed by atoms with Crippen LogP contribution in [0.3, 0.4) is 0 Å². The van der Waals surface area contributed by atoms with E-state index in [9.17, 15) is 9.59 Å². The maximum absolute atomic E-state index is 13.3. The van der Waals surface area contributed by atoms with Crippen molar-refractivity contribution in [2.45, 2.75) is 13.2 Å². The van der Waals surface area contributed by atoms with Gasteiger partial charge in [0.2, 0.25) is 0 Å². The second-order valence-corrected chi connectivity index (χ2v) is 10.4. The Kier molecular flexibility index (Phi) is 7.26. The van der Waals surface area contributed by atoms with Gasteiger partial charge in [-0.15, -0.1) is 0 Å². The van der Waals surface area contributed by atoms with Crippen LogP contribution in [-0.2, 0) is 17.9 Å².